The third kappa shape index (κ3) is 2.98. The maximum Gasteiger partial charge on any atom is 0.261 e. The number of aromatic hydroxyl groups is 1. The first-order valence-electron chi connectivity index (χ1n) is 4.83. The number of nitriles is 1. The van der Waals surface area contributed by atoms with Gasteiger partial charge in [0, 0.05) is 7.05 Å². The Morgan fingerprint density at radius 3 is 2.76 bits per heavy atom. The third-order valence-electron chi connectivity index (χ3n) is 2.11. The van der Waals surface area contributed by atoms with E-state index in [9.17, 15) is 9.90 Å². The maximum absolute atomic E-state index is 11.3. The van der Waals surface area contributed by atoms with Crippen molar-refractivity contribution < 1.29 is 14.6 Å². The monoisotopic (exact) mass is 232 g/mol. The van der Waals surface area contributed by atoms with Crippen LogP contribution in [0.25, 0.3) is 6.08 Å². The number of nitrogens with zero attached hydrogens (tertiary/aromatic N) is 1. The molecule has 1 aromatic carbocycles. The number of benzene rings is 1. The first-order chi connectivity index (χ1) is 8.12. The van der Waals surface area contributed by atoms with Crippen LogP contribution in [0.3, 0.4) is 0 Å². The second-order valence-electron chi connectivity index (χ2n) is 3.18. The molecule has 1 aromatic rings. The molecule has 88 valence electrons. The lowest BCUT2D eigenvalue weighted by molar-refractivity contribution is -0.116. The summed E-state index contributed by atoms with van der Waals surface area (Å²) in [4.78, 5) is 11.3. The number of likely N-dealkylation sites (N-methyl/N-ethyl adjacent to an activating group) is 1. The van der Waals surface area contributed by atoms with Crippen molar-refractivity contribution in [3.63, 3.8) is 0 Å². The number of methoxy groups -OCH3 is 1. The average Bonchev–Trinajstić information content (AvgIpc) is 2.35. The lowest BCUT2D eigenvalue weighted by Crippen LogP contribution is -2.19. The van der Waals surface area contributed by atoms with E-state index in [2.05, 4.69) is 5.32 Å². The van der Waals surface area contributed by atoms with Crippen LogP contribution in [0.15, 0.2) is 23.8 Å². The van der Waals surface area contributed by atoms with Gasteiger partial charge in [0.2, 0.25) is 0 Å². The summed E-state index contributed by atoms with van der Waals surface area (Å²) >= 11 is 0. The summed E-state index contributed by atoms with van der Waals surface area (Å²) in [7, 11) is 2.88. The van der Waals surface area contributed by atoms with Gasteiger partial charge in [-0.25, -0.2) is 0 Å². The molecule has 2 N–H and O–H groups in total. The van der Waals surface area contributed by atoms with E-state index in [1.165, 1.54) is 26.3 Å². The SMILES string of the molecule is CNC(=O)/C(C#N)=C\c1ccc(OC)c(O)c1. The molecule has 0 radical (unpaired) electrons. The Morgan fingerprint density at radius 1 is 1.59 bits per heavy atom. The molecule has 0 saturated carbocycles. The van der Waals surface area contributed by atoms with Crippen molar-refractivity contribution in [1.82, 2.24) is 5.32 Å². The lowest BCUT2D eigenvalue weighted by atomic mass is 10.1. The molecule has 0 unspecified atom stereocenters. The van der Waals surface area contributed by atoms with Crippen LogP contribution in [0.5, 0.6) is 11.5 Å². The summed E-state index contributed by atoms with van der Waals surface area (Å²) in [5, 5.41) is 20.7. The van der Waals surface area contributed by atoms with Gasteiger partial charge in [-0.2, -0.15) is 5.26 Å². The van der Waals surface area contributed by atoms with Gasteiger partial charge >= 0.3 is 0 Å². The fourth-order valence-corrected chi connectivity index (χ4v) is 1.25. The molecule has 0 aliphatic heterocycles. The third-order valence-corrected chi connectivity index (χ3v) is 2.11. The van der Waals surface area contributed by atoms with Crippen molar-refractivity contribution in [3.8, 4) is 17.6 Å². The van der Waals surface area contributed by atoms with Gasteiger partial charge in [0.05, 0.1) is 7.11 Å². The molecule has 1 amide bonds. The molecule has 17 heavy (non-hydrogen) atoms. The van der Waals surface area contributed by atoms with Gasteiger partial charge in [0.1, 0.15) is 11.6 Å². The van der Waals surface area contributed by atoms with E-state index in [1.807, 2.05) is 0 Å². The number of phenolic OH excluding ortho intramolecular Hbond substituents is 1. The smallest absolute Gasteiger partial charge is 0.261 e. The molecule has 0 aliphatic carbocycles. The van der Waals surface area contributed by atoms with E-state index in [1.54, 1.807) is 18.2 Å². The average molecular weight is 232 g/mol. The fraction of sp³-hybridized carbons (Fsp3) is 0.167. The Hall–Kier alpha value is -2.48. The van der Waals surface area contributed by atoms with Crippen molar-refractivity contribution in [1.29, 1.82) is 5.26 Å². The van der Waals surface area contributed by atoms with Crippen LogP contribution < -0.4 is 10.1 Å². The number of amides is 1. The predicted octanol–water partition coefficient (Wildman–Crippen LogP) is 1.05. The minimum atomic E-state index is -0.470. The molecule has 0 bridgehead atoms. The summed E-state index contributed by atoms with van der Waals surface area (Å²) in [5.41, 5.74) is 0.514. The summed E-state index contributed by atoms with van der Waals surface area (Å²) in [6.07, 6.45) is 1.39. The van der Waals surface area contributed by atoms with Gasteiger partial charge in [-0.3, -0.25) is 4.79 Å². The zero-order valence-electron chi connectivity index (χ0n) is 9.52. The molecule has 0 fully saturated rings. The minimum absolute atomic E-state index is 0.0305. The number of ether oxygens (including phenoxy) is 1. The number of hydrogen-bond donors (Lipinski definition) is 2. The van der Waals surface area contributed by atoms with Crippen LogP contribution in [0.4, 0.5) is 0 Å². The highest BCUT2D eigenvalue weighted by molar-refractivity contribution is 6.01. The van der Waals surface area contributed by atoms with Crippen molar-refractivity contribution >= 4 is 12.0 Å². The predicted molar refractivity (Wildman–Crippen MR) is 62.3 cm³/mol. The van der Waals surface area contributed by atoms with Gasteiger partial charge in [-0.1, -0.05) is 6.07 Å². The number of rotatable bonds is 3. The summed E-state index contributed by atoms with van der Waals surface area (Å²) in [5.74, 6) is -0.182. The number of phenols is 1. The fourth-order valence-electron chi connectivity index (χ4n) is 1.25. The summed E-state index contributed by atoms with van der Waals surface area (Å²) in [6.45, 7) is 0. The zero-order valence-corrected chi connectivity index (χ0v) is 9.52. The normalized spacial score (nSPS) is 10.5. The van der Waals surface area contributed by atoms with Gasteiger partial charge < -0.3 is 15.2 Å². The van der Waals surface area contributed by atoms with Gasteiger partial charge in [0.15, 0.2) is 11.5 Å². The molecular formula is C12H12N2O3. The van der Waals surface area contributed by atoms with Crippen molar-refractivity contribution in [3.05, 3.63) is 29.3 Å². The van der Waals surface area contributed by atoms with E-state index in [4.69, 9.17) is 10.00 Å². The highest BCUT2D eigenvalue weighted by atomic mass is 16.5. The first kappa shape index (κ1) is 12.6. The number of carbonyl (C=O) groups is 1. The standard InChI is InChI=1S/C12H12N2O3/c1-14-12(16)9(7-13)5-8-3-4-11(17-2)10(15)6-8/h3-6,15H,1-2H3,(H,14,16)/b9-5-. The molecule has 0 heterocycles. The maximum atomic E-state index is 11.3. The first-order valence-corrected chi connectivity index (χ1v) is 4.83. The number of carbonyl (C=O) groups excluding carboxylic acids is 1. The molecule has 0 aromatic heterocycles. The molecule has 0 saturated heterocycles. The van der Waals surface area contributed by atoms with Gasteiger partial charge in [0.25, 0.3) is 5.91 Å². The van der Waals surface area contributed by atoms with Crippen LogP contribution in [0.2, 0.25) is 0 Å². The molecule has 0 aliphatic rings. The Balaban J connectivity index is 3.10. The van der Waals surface area contributed by atoms with Gasteiger partial charge in [-0.15, -0.1) is 0 Å². The Bertz CT molecular complexity index is 501. The van der Waals surface area contributed by atoms with Crippen LogP contribution in [0.1, 0.15) is 5.56 Å². The van der Waals surface area contributed by atoms with Crippen molar-refractivity contribution in [2.45, 2.75) is 0 Å². The summed E-state index contributed by atoms with van der Waals surface area (Å²) < 4.78 is 4.88. The number of hydrogen-bond acceptors (Lipinski definition) is 4. The minimum Gasteiger partial charge on any atom is -0.504 e. The highest BCUT2D eigenvalue weighted by Crippen LogP contribution is 2.27. The molecule has 5 heteroatoms. The Kier molecular flexibility index (Phi) is 4.12. The second kappa shape index (κ2) is 5.56. The van der Waals surface area contributed by atoms with E-state index in [-0.39, 0.29) is 11.3 Å². The second-order valence-corrected chi connectivity index (χ2v) is 3.18. The topological polar surface area (TPSA) is 82.4 Å². The zero-order chi connectivity index (χ0) is 12.8. The van der Waals surface area contributed by atoms with E-state index >= 15 is 0 Å². The largest absolute Gasteiger partial charge is 0.504 e. The van der Waals surface area contributed by atoms with E-state index in [0.29, 0.717) is 11.3 Å². The van der Waals surface area contributed by atoms with Crippen LogP contribution in [-0.4, -0.2) is 25.2 Å². The molecule has 5 nitrogen and oxygen atoms in total. The highest BCUT2D eigenvalue weighted by Gasteiger charge is 2.07. The van der Waals surface area contributed by atoms with Crippen molar-refractivity contribution in [2.75, 3.05) is 14.2 Å². The van der Waals surface area contributed by atoms with Gasteiger partial charge in [-0.05, 0) is 23.8 Å². The molecule has 1 rings (SSSR count). The summed E-state index contributed by atoms with van der Waals surface area (Å²) in [6, 6.07) is 6.39. The quantitative estimate of drug-likeness (QED) is 0.603. The van der Waals surface area contributed by atoms with Crippen molar-refractivity contribution in [2.24, 2.45) is 0 Å². The van der Waals surface area contributed by atoms with Crippen LogP contribution in [0, 0.1) is 11.3 Å². The Morgan fingerprint density at radius 2 is 2.29 bits per heavy atom. The van der Waals surface area contributed by atoms with Crippen LogP contribution >= 0.6 is 0 Å². The molecular weight excluding hydrogens is 220 g/mol. The lowest BCUT2D eigenvalue weighted by Gasteiger charge is -2.03. The van der Waals surface area contributed by atoms with E-state index < -0.39 is 5.91 Å². The van der Waals surface area contributed by atoms with E-state index in [0.717, 1.165) is 0 Å². The van der Waals surface area contributed by atoms with Crippen LogP contribution in [-0.2, 0) is 4.79 Å². The molecule has 0 atom stereocenters. The molecule has 0 spiro atoms. The number of nitrogens with one attached hydrogen (secondary N) is 1. The Labute approximate surface area is 98.9 Å².